The highest BCUT2D eigenvalue weighted by Gasteiger charge is 2.14. The van der Waals surface area contributed by atoms with Crippen LogP contribution in [-0.2, 0) is 11.3 Å². The Labute approximate surface area is 171 Å². The summed E-state index contributed by atoms with van der Waals surface area (Å²) in [5.74, 6) is 0.408. The van der Waals surface area contributed by atoms with Crippen LogP contribution in [0.4, 0.5) is 0 Å². The molecule has 0 radical (unpaired) electrons. The number of rotatable bonds is 8. The van der Waals surface area contributed by atoms with Crippen molar-refractivity contribution in [1.29, 1.82) is 0 Å². The van der Waals surface area contributed by atoms with E-state index in [0.29, 0.717) is 36.5 Å². The van der Waals surface area contributed by atoms with Crippen molar-refractivity contribution in [2.75, 3.05) is 13.1 Å². The second kappa shape index (κ2) is 9.82. The summed E-state index contributed by atoms with van der Waals surface area (Å²) in [7, 11) is 0. The molecule has 3 rings (SSSR count). The van der Waals surface area contributed by atoms with Gasteiger partial charge in [-0.15, -0.1) is 0 Å². The molecule has 150 valence electrons. The summed E-state index contributed by atoms with van der Waals surface area (Å²) in [6.45, 7) is 5.75. The molecule has 0 saturated carbocycles. The Morgan fingerprint density at radius 1 is 1.10 bits per heavy atom. The third kappa shape index (κ3) is 5.64. The fourth-order valence-corrected chi connectivity index (χ4v) is 3.24. The summed E-state index contributed by atoms with van der Waals surface area (Å²) in [5.41, 5.74) is 1.67. The van der Waals surface area contributed by atoms with E-state index in [0.717, 1.165) is 5.56 Å². The van der Waals surface area contributed by atoms with Gasteiger partial charge in [-0.25, -0.2) is 4.98 Å². The van der Waals surface area contributed by atoms with Crippen LogP contribution < -0.4 is 5.56 Å². The average molecular weight is 389 g/mol. The third-order valence-electron chi connectivity index (χ3n) is 4.67. The molecule has 1 aromatic heterocycles. The molecule has 0 spiro atoms. The Morgan fingerprint density at radius 3 is 2.59 bits per heavy atom. The van der Waals surface area contributed by atoms with E-state index >= 15 is 0 Å². The molecule has 0 saturated heterocycles. The predicted molar refractivity (Wildman–Crippen MR) is 118 cm³/mol. The van der Waals surface area contributed by atoms with E-state index in [2.05, 4.69) is 18.8 Å². The molecule has 0 aliphatic rings. The van der Waals surface area contributed by atoms with Crippen LogP contribution in [0.1, 0.15) is 25.8 Å². The molecule has 3 aromatic rings. The molecule has 1 amide bonds. The van der Waals surface area contributed by atoms with Crippen LogP contribution in [0.5, 0.6) is 0 Å². The number of para-hydroxylation sites is 1. The normalized spacial score (nSPS) is 11.4. The van der Waals surface area contributed by atoms with Crippen LogP contribution in [-0.4, -0.2) is 33.4 Å². The summed E-state index contributed by atoms with van der Waals surface area (Å²) in [6, 6.07) is 17.3. The Hall–Kier alpha value is -3.21. The van der Waals surface area contributed by atoms with Gasteiger partial charge >= 0.3 is 0 Å². The largest absolute Gasteiger partial charge is 0.339 e. The molecule has 0 unspecified atom stereocenters. The van der Waals surface area contributed by atoms with Crippen LogP contribution >= 0.6 is 0 Å². The van der Waals surface area contributed by atoms with Crippen molar-refractivity contribution in [2.45, 2.75) is 26.8 Å². The van der Waals surface area contributed by atoms with E-state index in [1.54, 1.807) is 6.07 Å². The van der Waals surface area contributed by atoms with Crippen molar-refractivity contribution in [3.05, 3.63) is 82.9 Å². The lowest BCUT2D eigenvalue weighted by atomic mass is 10.2. The predicted octanol–water partition coefficient (Wildman–Crippen LogP) is 3.98. The summed E-state index contributed by atoms with van der Waals surface area (Å²) < 4.78 is 1.52. The minimum Gasteiger partial charge on any atom is -0.339 e. The van der Waals surface area contributed by atoms with Gasteiger partial charge < -0.3 is 4.90 Å². The summed E-state index contributed by atoms with van der Waals surface area (Å²) in [6.07, 6.45) is 5.84. The molecule has 5 heteroatoms. The van der Waals surface area contributed by atoms with Gasteiger partial charge in [0.1, 0.15) is 0 Å². The van der Waals surface area contributed by atoms with Crippen molar-refractivity contribution >= 4 is 22.9 Å². The van der Waals surface area contributed by atoms with E-state index in [1.807, 2.05) is 65.6 Å². The van der Waals surface area contributed by atoms with E-state index in [-0.39, 0.29) is 17.9 Å². The number of aromatic nitrogens is 2. The number of hydrogen-bond donors (Lipinski definition) is 0. The lowest BCUT2D eigenvalue weighted by Gasteiger charge is -2.23. The number of amides is 1. The van der Waals surface area contributed by atoms with Crippen molar-refractivity contribution in [3.63, 3.8) is 0 Å². The van der Waals surface area contributed by atoms with Crippen LogP contribution in [0, 0.1) is 5.92 Å². The van der Waals surface area contributed by atoms with Crippen LogP contribution in [0.3, 0.4) is 0 Å². The van der Waals surface area contributed by atoms with Gasteiger partial charge in [0.25, 0.3) is 5.56 Å². The molecular weight excluding hydrogens is 362 g/mol. The van der Waals surface area contributed by atoms with Crippen molar-refractivity contribution < 1.29 is 4.79 Å². The molecule has 1 heterocycles. The fourth-order valence-electron chi connectivity index (χ4n) is 3.24. The number of fused-ring (bicyclic) bond motifs is 1. The maximum Gasteiger partial charge on any atom is 0.261 e. The first-order valence-corrected chi connectivity index (χ1v) is 9.98. The van der Waals surface area contributed by atoms with Crippen LogP contribution in [0.2, 0.25) is 0 Å². The maximum absolute atomic E-state index is 12.8. The standard InChI is InChI=1S/C24H27N3O2/c1-19(2)17-26(15-8-11-20-9-4-3-5-10-20)23(28)14-16-27-18-25-22-13-7-6-12-21(22)24(27)29/h3-13,18-19H,14-17H2,1-2H3. The van der Waals surface area contributed by atoms with Gasteiger partial charge in [0, 0.05) is 26.1 Å². The van der Waals surface area contributed by atoms with Crippen molar-refractivity contribution in [2.24, 2.45) is 5.92 Å². The van der Waals surface area contributed by atoms with Gasteiger partial charge in [-0.05, 0) is 23.6 Å². The quantitative estimate of drug-likeness (QED) is 0.585. The molecule has 0 N–H and O–H groups in total. The molecule has 0 aliphatic carbocycles. The minimum absolute atomic E-state index is 0.0384. The Morgan fingerprint density at radius 2 is 1.83 bits per heavy atom. The van der Waals surface area contributed by atoms with E-state index in [4.69, 9.17) is 0 Å². The second-order valence-electron chi connectivity index (χ2n) is 7.52. The van der Waals surface area contributed by atoms with Gasteiger partial charge in [-0.1, -0.05) is 68.5 Å². The Kier molecular flexibility index (Phi) is 6.95. The smallest absolute Gasteiger partial charge is 0.261 e. The monoisotopic (exact) mass is 389 g/mol. The Bertz CT molecular complexity index is 1040. The molecule has 0 atom stereocenters. The topological polar surface area (TPSA) is 55.2 Å². The first-order chi connectivity index (χ1) is 14.0. The van der Waals surface area contributed by atoms with Crippen LogP contribution in [0.25, 0.3) is 17.0 Å². The highest BCUT2D eigenvalue weighted by atomic mass is 16.2. The second-order valence-corrected chi connectivity index (χ2v) is 7.52. The van der Waals surface area contributed by atoms with E-state index < -0.39 is 0 Å². The van der Waals surface area contributed by atoms with Gasteiger partial charge in [-0.3, -0.25) is 14.2 Å². The number of nitrogens with zero attached hydrogens (tertiary/aromatic N) is 3. The summed E-state index contributed by atoms with van der Waals surface area (Å²) >= 11 is 0. The van der Waals surface area contributed by atoms with Crippen molar-refractivity contribution in [3.8, 4) is 0 Å². The van der Waals surface area contributed by atoms with Crippen molar-refractivity contribution in [1.82, 2.24) is 14.5 Å². The number of carbonyl (C=O) groups excluding carboxylic acids is 1. The first-order valence-electron chi connectivity index (χ1n) is 9.98. The summed E-state index contributed by atoms with van der Waals surface area (Å²) in [4.78, 5) is 31.6. The highest BCUT2D eigenvalue weighted by molar-refractivity contribution is 5.77. The zero-order valence-electron chi connectivity index (χ0n) is 17.0. The lowest BCUT2D eigenvalue weighted by molar-refractivity contribution is -0.131. The molecule has 0 fully saturated rings. The van der Waals surface area contributed by atoms with E-state index in [1.165, 1.54) is 10.9 Å². The number of carbonyl (C=O) groups is 1. The molecule has 0 aliphatic heterocycles. The molecule has 0 bridgehead atoms. The van der Waals surface area contributed by atoms with Gasteiger partial charge in [0.15, 0.2) is 0 Å². The third-order valence-corrected chi connectivity index (χ3v) is 4.67. The maximum atomic E-state index is 12.8. The molecule has 2 aromatic carbocycles. The average Bonchev–Trinajstić information content (AvgIpc) is 2.73. The minimum atomic E-state index is -0.109. The first kappa shape index (κ1) is 20.5. The van der Waals surface area contributed by atoms with Crippen LogP contribution in [0.15, 0.2) is 71.8 Å². The SMILES string of the molecule is CC(C)CN(CC=Cc1ccccc1)C(=O)CCn1cnc2ccccc2c1=O. The fraction of sp³-hybridized carbons (Fsp3) is 0.292. The van der Waals surface area contributed by atoms with E-state index in [9.17, 15) is 9.59 Å². The number of benzene rings is 2. The van der Waals surface area contributed by atoms with Gasteiger partial charge in [0.05, 0.1) is 17.2 Å². The zero-order valence-corrected chi connectivity index (χ0v) is 17.0. The molecule has 5 nitrogen and oxygen atoms in total. The highest BCUT2D eigenvalue weighted by Crippen LogP contribution is 2.07. The lowest BCUT2D eigenvalue weighted by Crippen LogP contribution is -2.35. The van der Waals surface area contributed by atoms with Gasteiger partial charge in [0.2, 0.25) is 5.91 Å². The molecule has 29 heavy (non-hydrogen) atoms. The Balaban J connectivity index is 1.66. The summed E-state index contributed by atoms with van der Waals surface area (Å²) in [5, 5.41) is 0.576. The van der Waals surface area contributed by atoms with Gasteiger partial charge in [-0.2, -0.15) is 0 Å². The number of aryl methyl sites for hydroxylation is 1. The number of hydrogen-bond acceptors (Lipinski definition) is 3. The molecular formula is C24H27N3O2. The zero-order chi connectivity index (χ0) is 20.6.